The number of aliphatic imine (C=N–C) groups is 1. The van der Waals surface area contributed by atoms with Gasteiger partial charge in [0.25, 0.3) is 0 Å². The van der Waals surface area contributed by atoms with Gasteiger partial charge in [-0.1, -0.05) is 24.3 Å². The average molecular weight is 428 g/mol. The van der Waals surface area contributed by atoms with Crippen molar-refractivity contribution in [3.63, 3.8) is 0 Å². The maximum absolute atomic E-state index is 11.9. The van der Waals surface area contributed by atoms with Crippen molar-refractivity contribution < 1.29 is 19.1 Å². The number of carbonyl (C=O) groups excluding carboxylic acids is 3. The van der Waals surface area contributed by atoms with Crippen molar-refractivity contribution in [2.45, 2.75) is 11.7 Å². The number of rotatable bonds is 10. The summed E-state index contributed by atoms with van der Waals surface area (Å²) in [5.74, 6) is 1.02. The molecule has 0 spiro atoms. The molecular formula is C22H25N3O4S. The Bertz CT molecular complexity index is 898. The molecule has 158 valence electrons. The Morgan fingerprint density at radius 1 is 1.17 bits per heavy atom. The number of hydrogen-bond donors (Lipinski definition) is 1. The molecule has 1 N–H and O–H groups in total. The number of para-hydroxylation sites is 1. The Morgan fingerprint density at radius 2 is 1.87 bits per heavy atom. The van der Waals surface area contributed by atoms with E-state index in [9.17, 15) is 14.4 Å². The fraction of sp³-hybridized carbons (Fsp3) is 0.273. The highest BCUT2D eigenvalue weighted by Gasteiger charge is 2.17. The lowest BCUT2D eigenvalue weighted by Crippen LogP contribution is -2.32. The second kappa shape index (κ2) is 11.8. The van der Waals surface area contributed by atoms with E-state index in [-0.39, 0.29) is 17.8 Å². The monoisotopic (exact) mass is 427 g/mol. The number of aldehydes is 1. The van der Waals surface area contributed by atoms with Gasteiger partial charge in [-0.25, -0.2) is 4.99 Å². The molecule has 0 bridgehead atoms. The number of ether oxygens (including phenoxy) is 1. The number of hydrogen-bond acceptors (Lipinski definition) is 6. The minimum atomic E-state index is -0.340. The summed E-state index contributed by atoms with van der Waals surface area (Å²) in [6.07, 6.45) is 3.52. The second-order valence-electron chi connectivity index (χ2n) is 6.59. The Morgan fingerprint density at radius 3 is 2.47 bits per heavy atom. The van der Waals surface area contributed by atoms with Crippen LogP contribution in [0.1, 0.15) is 15.9 Å². The van der Waals surface area contributed by atoms with Crippen molar-refractivity contribution in [1.29, 1.82) is 0 Å². The zero-order chi connectivity index (χ0) is 21.9. The normalized spacial score (nSPS) is 12.0. The molecule has 0 heterocycles. The van der Waals surface area contributed by atoms with E-state index in [1.807, 2.05) is 55.6 Å². The average Bonchev–Trinajstić information content (AvgIpc) is 2.75. The van der Waals surface area contributed by atoms with Crippen LogP contribution >= 0.6 is 11.8 Å². The van der Waals surface area contributed by atoms with Crippen molar-refractivity contribution in [1.82, 2.24) is 10.2 Å². The summed E-state index contributed by atoms with van der Waals surface area (Å²) in [7, 11) is 3.73. The summed E-state index contributed by atoms with van der Waals surface area (Å²) >= 11 is 1.39. The van der Waals surface area contributed by atoms with Gasteiger partial charge in [0, 0.05) is 19.7 Å². The van der Waals surface area contributed by atoms with E-state index < -0.39 is 0 Å². The van der Waals surface area contributed by atoms with Crippen LogP contribution in [0.4, 0.5) is 5.69 Å². The summed E-state index contributed by atoms with van der Waals surface area (Å²) in [5.41, 5.74) is 2.07. The van der Waals surface area contributed by atoms with Gasteiger partial charge in [0.1, 0.15) is 18.2 Å². The topological polar surface area (TPSA) is 88.1 Å². The van der Waals surface area contributed by atoms with E-state index >= 15 is 0 Å². The number of thioether (sulfide) groups is 1. The number of nitrogens with zero attached hydrogens (tertiary/aromatic N) is 2. The van der Waals surface area contributed by atoms with Crippen molar-refractivity contribution in [2.75, 3.05) is 27.0 Å². The van der Waals surface area contributed by atoms with Crippen molar-refractivity contribution in [2.24, 2.45) is 4.99 Å². The SMILES string of the molecule is CSC(Cc1ccc(OC/C(=N/c2ccccc2C=O)N(C)C)cc1)C(=O)NC=O. The minimum absolute atomic E-state index is 0.231. The molecule has 2 aromatic rings. The first-order valence-electron chi connectivity index (χ1n) is 9.26. The van der Waals surface area contributed by atoms with E-state index in [2.05, 4.69) is 10.3 Å². The molecule has 2 amide bonds. The molecule has 0 aliphatic rings. The lowest BCUT2D eigenvalue weighted by atomic mass is 10.1. The Hall–Kier alpha value is -3.13. The Balaban J connectivity index is 2.05. The third-order valence-corrected chi connectivity index (χ3v) is 5.27. The van der Waals surface area contributed by atoms with Crippen molar-refractivity contribution in [3.05, 3.63) is 59.7 Å². The minimum Gasteiger partial charge on any atom is -0.486 e. The number of amidine groups is 1. The molecule has 1 atom stereocenters. The standard InChI is InChI=1S/C22H25N3O4S/c1-25(2)21(24-19-7-5-4-6-17(19)13-26)14-29-18-10-8-16(9-11-18)12-20(30-3)22(28)23-15-27/h4-11,13,15,20H,12,14H2,1-3H3,(H,23,27,28)/b24-21-. The lowest BCUT2D eigenvalue weighted by Gasteiger charge is -2.17. The predicted octanol–water partition coefficient (Wildman–Crippen LogP) is 2.72. The van der Waals surface area contributed by atoms with Gasteiger partial charge in [-0.05, 0) is 42.5 Å². The van der Waals surface area contributed by atoms with Crippen LogP contribution in [0.15, 0.2) is 53.5 Å². The fourth-order valence-corrected chi connectivity index (χ4v) is 3.25. The number of nitrogens with one attached hydrogen (secondary N) is 1. The predicted molar refractivity (Wildman–Crippen MR) is 120 cm³/mol. The molecule has 0 aliphatic carbocycles. The van der Waals surface area contributed by atoms with Gasteiger partial charge in [0.05, 0.1) is 10.9 Å². The molecule has 0 aliphatic heterocycles. The van der Waals surface area contributed by atoms with Crippen LogP contribution in [0.2, 0.25) is 0 Å². The quantitative estimate of drug-likeness (QED) is 0.356. The Kier molecular flexibility index (Phi) is 9.08. The van der Waals surface area contributed by atoms with Gasteiger partial charge >= 0.3 is 0 Å². The molecule has 0 saturated heterocycles. The first kappa shape index (κ1) is 23.2. The van der Waals surface area contributed by atoms with Crippen LogP contribution in [0, 0.1) is 0 Å². The van der Waals surface area contributed by atoms with E-state index in [1.165, 1.54) is 11.8 Å². The smallest absolute Gasteiger partial charge is 0.239 e. The van der Waals surface area contributed by atoms with Gasteiger partial charge in [-0.3, -0.25) is 19.7 Å². The number of amides is 2. The molecule has 0 saturated carbocycles. The number of carbonyl (C=O) groups is 3. The lowest BCUT2D eigenvalue weighted by molar-refractivity contribution is -0.124. The van der Waals surface area contributed by atoms with Crippen LogP contribution in [0.25, 0.3) is 0 Å². The molecule has 8 heteroatoms. The molecular weight excluding hydrogens is 402 g/mol. The molecule has 2 aromatic carbocycles. The van der Waals surface area contributed by atoms with Gasteiger partial charge in [-0.2, -0.15) is 11.8 Å². The van der Waals surface area contributed by atoms with Crippen LogP contribution in [-0.4, -0.2) is 61.5 Å². The van der Waals surface area contributed by atoms with Crippen LogP contribution in [0.3, 0.4) is 0 Å². The highest BCUT2D eigenvalue weighted by molar-refractivity contribution is 7.99. The molecule has 0 radical (unpaired) electrons. The van der Waals surface area contributed by atoms with E-state index in [1.54, 1.807) is 18.2 Å². The molecule has 1 unspecified atom stereocenters. The highest BCUT2D eigenvalue weighted by Crippen LogP contribution is 2.19. The first-order chi connectivity index (χ1) is 14.5. The van der Waals surface area contributed by atoms with Gasteiger partial charge < -0.3 is 9.64 Å². The highest BCUT2D eigenvalue weighted by atomic mass is 32.2. The molecule has 0 aromatic heterocycles. The summed E-state index contributed by atoms with van der Waals surface area (Å²) in [5, 5.41) is 1.85. The van der Waals surface area contributed by atoms with Crippen molar-refractivity contribution >= 4 is 41.9 Å². The van der Waals surface area contributed by atoms with E-state index in [4.69, 9.17) is 4.74 Å². The summed E-state index contributed by atoms with van der Waals surface area (Å²) in [6, 6.07) is 14.6. The molecule has 0 fully saturated rings. The van der Waals surface area contributed by atoms with Gasteiger partial charge in [0.15, 0.2) is 6.29 Å². The number of benzene rings is 2. The van der Waals surface area contributed by atoms with Gasteiger partial charge in [-0.15, -0.1) is 0 Å². The molecule has 30 heavy (non-hydrogen) atoms. The fourth-order valence-electron chi connectivity index (χ4n) is 2.61. The van der Waals surface area contributed by atoms with E-state index in [0.29, 0.717) is 35.7 Å². The largest absolute Gasteiger partial charge is 0.486 e. The Labute approximate surface area is 180 Å². The molecule has 7 nitrogen and oxygen atoms in total. The number of likely N-dealkylation sites (N-methyl/N-ethyl adjacent to an activating group) is 1. The third kappa shape index (κ3) is 6.73. The summed E-state index contributed by atoms with van der Waals surface area (Å²) in [4.78, 5) is 39.9. The van der Waals surface area contributed by atoms with Crippen molar-refractivity contribution in [3.8, 4) is 5.75 Å². The maximum atomic E-state index is 11.9. The van der Waals surface area contributed by atoms with Crippen LogP contribution in [-0.2, 0) is 16.0 Å². The summed E-state index contributed by atoms with van der Waals surface area (Å²) < 4.78 is 5.86. The summed E-state index contributed by atoms with van der Waals surface area (Å²) in [6.45, 7) is 0.231. The third-order valence-electron chi connectivity index (χ3n) is 4.32. The zero-order valence-electron chi connectivity index (χ0n) is 17.2. The first-order valence-corrected chi connectivity index (χ1v) is 10.5. The van der Waals surface area contributed by atoms with Gasteiger partial charge in [0.2, 0.25) is 12.3 Å². The van der Waals surface area contributed by atoms with Crippen LogP contribution in [0.5, 0.6) is 5.75 Å². The zero-order valence-corrected chi connectivity index (χ0v) is 18.0. The molecule has 2 rings (SSSR count). The second-order valence-corrected chi connectivity index (χ2v) is 7.63. The van der Waals surface area contributed by atoms with Crippen LogP contribution < -0.4 is 10.1 Å². The maximum Gasteiger partial charge on any atom is 0.239 e. The van der Waals surface area contributed by atoms with E-state index in [0.717, 1.165) is 11.8 Å². The number of imide groups is 1.